The van der Waals surface area contributed by atoms with Crippen LogP contribution in [0, 0.1) is 5.95 Å². The molecular weight excluding hydrogens is 217 g/mol. The van der Waals surface area contributed by atoms with Crippen LogP contribution in [0.25, 0.3) is 0 Å². The maximum atomic E-state index is 13.3. The van der Waals surface area contributed by atoms with Crippen molar-refractivity contribution in [3.05, 3.63) is 23.6 Å². The van der Waals surface area contributed by atoms with Crippen molar-refractivity contribution < 1.29 is 23.4 Å². The van der Waals surface area contributed by atoms with Crippen molar-refractivity contribution in [3.8, 4) is 5.88 Å². The van der Waals surface area contributed by atoms with Crippen LogP contribution in [0.15, 0.2) is 12.1 Å². The van der Waals surface area contributed by atoms with Crippen LogP contribution in [0.1, 0.15) is 10.4 Å². The van der Waals surface area contributed by atoms with Crippen LogP contribution in [0.2, 0.25) is 0 Å². The van der Waals surface area contributed by atoms with Crippen molar-refractivity contribution in [2.45, 2.75) is 0 Å². The van der Waals surface area contributed by atoms with Crippen molar-refractivity contribution in [1.82, 2.24) is 4.98 Å². The third-order valence-electron chi connectivity index (χ3n) is 1.77. The zero-order valence-corrected chi connectivity index (χ0v) is 9.03. The minimum absolute atomic E-state index is 0.0993. The van der Waals surface area contributed by atoms with Crippen LogP contribution in [0.5, 0.6) is 5.88 Å². The summed E-state index contributed by atoms with van der Waals surface area (Å²) in [5.41, 5.74) is -0.221. The minimum atomic E-state index is -0.915. The number of aromatic nitrogens is 1. The van der Waals surface area contributed by atoms with Gasteiger partial charge in [0.25, 0.3) is 0 Å². The van der Waals surface area contributed by atoms with E-state index in [0.717, 1.165) is 0 Å². The van der Waals surface area contributed by atoms with Gasteiger partial charge in [0, 0.05) is 13.2 Å². The average molecular weight is 229 g/mol. The van der Waals surface area contributed by atoms with Gasteiger partial charge in [0.15, 0.2) is 0 Å². The standard InChI is InChI=1S/C10H12FNO4/c1-14-5-6-16-8-4-3-7(9(11)12-8)10(13)15-2/h3-4H,5-6H2,1-2H3. The second-order valence-corrected chi connectivity index (χ2v) is 2.82. The van der Waals surface area contributed by atoms with E-state index < -0.39 is 11.9 Å². The molecule has 88 valence electrons. The number of halogens is 1. The number of ether oxygens (including phenoxy) is 3. The lowest BCUT2D eigenvalue weighted by atomic mass is 10.3. The number of hydrogen-bond acceptors (Lipinski definition) is 5. The summed E-state index contributed by atoms with van der Waals surface area (Å²) in [7, 11) is 2.70. The summed E-state index contributed by atoms with van der Waals surface area (Å²) in [6, 6.07) is 2.65. The van der Waals surface area contributed by atoms with E-state index >= 15 is 0 Å². The molecule has 5 nitrogen and oxygen atoms in total. The van der Waals surface area contributed by atoms with Crippen molar-refractivity contribution >= 4 is 5.97 Å². The molecule has 0 aliphatic rings. The number of esters is 1. The molecule has 1 heterocycles. The van der Waals surface area contributed by atoms with Crippen LogP contribution in [0.4, 0.5) is 4.39 Å². The Kier molecular flexibility index (Phi) is 4.65. The van der Waals surface area contributed by atoms with Crippen LogP contribution in [-0.2, 0) is 9.47 Å². The Balaban J connectivity index is 2.71. The van der Waals surface area contributed by atoms with E-state index in [-0.39, 0.29) is 18.1 Å². The normalized spacial score (nSPS) is 9.94. The molecule has 0 atom stereocenters. The van der Waals surface area contributed by atoms with Crippen LogP contribution in [-0.4, -0.2) is 38.4 Å². The van der Waals surface area contributed by atoms with Gasteiger partial charge >= 0.3 is 5.97 Å². The van der Waals surface area contributed by atoms with Gasteiger partial charge in [-0.25, -0.2) is 4.79 Å². The van der Waals surface area contributed by atoms with Crippen LogP contribution < -0.4 is 4.74 Å². The predicted octanol–water partition coefficient (Wildman–Crippen LogP) is 1.03. The van der Waals surface area contributed by atoms with E-state index in [0.29, 0.717) is 6.61 Å². The van der Waals surface area contributed by atoms with E-state index in [1.165, 1.54) is 26.4 Å². The maximum absolute atomic E-state index is 13.3. The molecule has 6 heteroatoms. The van der Waals surface area contributed by atoms with Crippen molar-refractivity contribution in [2.75, 3.05) is 27.4 Å². The smallest absolute Gasteiger partial charge is 0.342 e. The molecule has 0 fully saturated rings. The number of rotatable bonds is 5. The first kappa shape index (κ1) is 12.4. The van der Waals surface area contributed by atoms with Crippen molar-refractivity contribution in [2.24, 2.45) is 0 Å². The van der Waals surface area contributed by atoms with Gasteiger partial charge in [-0.15, -0.1) is 0 Å². The Bertz CT molecular complexity index is 370. The average Bonchev–Trinajstić information content (AvgIpc) is 2.29. The van der Waals surface area contributed by atoms with E-state index in [9.17, 15) is 9.18 Å². The van der Waals surface area contributed by atoms with Gasteiger partial charge in [0.2, 0.25) is 11.8 Å². The van der Waals surface area contributed by atoms with Crippen molar-refractivity contribution in [3.63, 3.8) is 0 Å². The fraction of sp³-hybridized carbons (Fsp3) is 0.400. The number of carbonyl (C=O) groups excluding carboxylic acids is 1. The number of nitrogens with zero attached hydrogens (tertiary/aromatic N) is 1. The molecule has 0 aromatic carbocycles. The molecule has 16 heavy (non-hydrogen) atoms. The SMILES string of the molecule is COCCOc1ccc(C(=O)OC)c(F)n1. The zero-order chi connectivity index (χ0) is 12.0. The summed E-state index contributed by atoms with van der Waals surface area (Å²) in [6.45, 7) is 0.641. The van der Waals surface area contributed by atoms with Gasteiger partial charge in [-0.3, -0.25) is 0 Å². The van der Waals surface area contributed by atoms with Gasteiger partial charge < -0.3 is 14.2 Å². The van der Waals surface area contributed by atoms with E-state index in [1.54, 1.807) is 0 Å². The summed E-state index contributed by atoms with van der Waals surface area (Å²) in [6.07, 6.45) is 0. The molecule has 0 radical (unpaired) electrons. The molecule has 0 unspecified atom stereocenters. The van der Waals surface area contributed by atoms with Gasteiger partial charge in [-0.2, -0.15) is 9.37 Å². The highest BCUT2D eigenvalue weighted by atomic mass is 19.1. The number of methoxy groups -OCH3 is 2. The molecule has 0 bridgehead atoms. The molecule has 0 saturated heterocycles. The summed E-state index contributed by atoms with van der Waals surface area (Å²) < 4.78 is 27.5. The minimum Gasteiger partial charge on any atom is -0.475 e. The summed E-state index contributed by atoms with van der Waals surface area (Å²) in [5.74, 6) is -1.59. The predicted molar refractivity (Wildman–Crippen MR) is 52.9 cm³/mol. The Morgan fingerprint density at radius 1 is 1.38 bits per heavy atom. The first-order valence-electron chi connectivity index (χ1n) is 4.55. The highest BCUT2D eigenvalue weighted by Crippen LogP contribution is 2.12. The lowest BCUT2D eigenvalue weighted by molar-refractivity contribution is 0.0594. The zero-order valence-electron chi connectivity index (χ0n) is 9.03. The first-order chi connectivity index (χ1) is 7.69. The number of hydrogen-bond donors (Lipinski definition) is 0. The number of pyridine rings is 1. The van der Waals surface area contributed by atoms with Gasteiger partial charge in [0.05, 0.1) is 13.7 Å². The second kappa shape index (κ2) is 6.02. The molecule has 1 rings (SSSR count). The monoisotopic (exact) mass is 229 g/mol. The van der Waals surface area contributed by atoms with Gasteiger partial charge in [-0.1, -0.05) is 0 Å². The second-order valence-electron chi connectivity index (χ2n) is 2.82. The summed E-state index contributed by atoms with van der Waals surface area (Å²) >= 11 is 0. The fourth-order valence-corrected chi connectivity index (χ4v) is 0.990. The van der Waals surface area contributed by atoms with E-state index in [2.05, 4.69) is 9.72 Å². The molecule has 0 saturated carbocycles. The quantitative estimate of drug-likeness (QED) is 0.429. The molecular formula is C10H12FNO4. The van der Waals surface area contributed by atoms with Crippen LogP contribution in [0.3, 0.4) is 0 Å². The molecule has 0 aliphatic heterocycles. The third-order valence-corrected chi connectivity index (χ3v) is 1.77. The topological polar surface area (TPSA) is 57.7 Å². The highest BCUT2D eigenvalue weighted by molar-refractivity contribution is 5.89. The molecule has 0 amide bonds. The highest BCUT2D eigenvalue weighted by Gasteiger charge is 2.14. The Hall–Kier alpha value is -1.69. The summed E-state index contributed by atoms with van der Waals surface area (Å²) in [4.78, 5) is 14.5. The fourth-order valence-electron chi connectivity index (χ4n) is 0.990. The van der Waals surface area contributed by atoms with Gasteiger partial charge in [-0.05, 0) is 6.07 Å². The van der Waals surface area contributed by atoms with Crippen molar-refractivity contribution in [1.29, 1.82) is 0 Å². The largest absolute Gasteiger partial charge is 0.475 e. The lowest BCUT2D eigenvalue weighted by Gasteiger charge is -2.05. The Morgan fingerprint density at radius 3 is 2.69 bits per heavy atom. The molecule has 0 aliphatic carbocycles. The molecule has 0 spiro atoms. The summed E-state index contributed by atoms with van der Waals surface area (Å²) in [5, 5.41) is 0. The van der Waals surface area contributed by atoms with E-state index in [4.69, 9.17) is 9.47 Å². The lowest BCUT2D eigenvalue weighted by Crippen LogP contribution is -2.09. The molecule has 1 aromatic rings. The van der Waals surface area contributed by atoms with E-state index in [1.807, 2.05) is 0 Å². The maximum Gasteiger partial charge on any atom is 0.342 e. The van der Waals surface area contributed by atoms with Crippen LogP contribution >= 0.6 is 0 Å². The molecule has 0 N–H and O–H groups in total. The Morgan fingerprint density at radius 2 is 2.12 bits per heavy atom. The number of carbonyl (C=O) groups is 1. The first-order valence-corrected chi connectivity index (χ1v) is 4.55. The third kappa shape index (κ3) is 3.16. The Labute approximate surface area is 92.1 Å². The van der Waals surface area contributed by atoms with Gasteiger partial charge in [0.1, 0.15) is 12.2 Å². The molecule has 1 aromatic heterocycles.